The van der Waals surface area contributed by atoms with Crippen LogP contribution in [-0.4, -0.2) is 21.5 Å². The van der Waals surface area contributed by atoms with Gasteiger partial charge in [-0.2, -0.15) is 0 Å². The first-order chi connectivity index (χ1) is 7.86. The first kappa shape index (κ1) is 13.4. The summed E-state index contributed by atoms with van der Waals surface area (Å²) >= 11 is 0. The summed E-state index contributed by atoms with van der Waals surface area (Å²) in [5.41, 5.74) is 5.65. The first-order valence-corrected chi connectivity index (χ1v) is 5.63. The Labute approximate surface area is 101 Å². The summed E-state index contributed by atoms with van der Waals surface area (Å²) in [6.45, 7) is 5.40. The number of nitrogens with zero attached hydrogens (tertiary/aromatic N) is 1. The van der Waals surface area contributed by atoms with E-state index in [2.05, 4.69) is 10.3 Å². The number of hydrogen-bond acceptors (Lipinski definition) is 4. The van der Waals surface area contributed by atoms with Crippen molar-refractivity contribution in [3.05, 3.63) is 17.8 Å². The molecule has 1 atom stereocenters. The summed E-state index contributed by atoms with van der Waals surface area (Å²) < 4.78 is 0. The van der Waals surface area contributed by atoms with Crippen LogP contribution in [0.5, 0.6) is 5.75 Å². The summed E-state index contributed by atoms with van der Waals surface area (Å²) in [7, 11) is 0. The lowest BCUT2D eigenvalue weighted by molar-refractivity contribution is -0.120. The lowest BCUT2D eigenvalue weighted by Crippen LogP contribution is -2.48. The van der Waals surface area contributed by atoms with Crippen molar-refractivity contribution in [3.63, 3.8) is 0 Å². The molecule has 0 aliphatic heterocycles. The number of nitrogens with two attached hydrogens (primary N) is 1. The van der Waals surface area contributed by atoms with Gasteiger partial charge in [0.25, 0.3) is 0 Å². The predicted octanol–water partition coefficient (Wildman–Crippen LogP) is 1.55. The van der Waals surface area contributed by atoms with Gasteiger partial charge in [0.05, 0.1) is 5.54 Å². The Hall–Kier alpha value is -1.62. The monoisotopic (exact) mass is 237 g/mol. The van der Waals surface area contributed by atoms with Crippen LogP contribution in [0.2, 0.25) is 0 Å². The molecular formula is C12H19N3O2. The number of aromatic nitrogens is 1. The number of pyridine rings is 1. The molecule has 0 saturated carbocycles. The summed E-state index contributed by atoms with van der Waals surface area (Å²) in [5, 5.41) is 12.1. The minimum absolute atomic E-state index is 0.0590. The van der Waals surface area contributed by atoms with Gasteiger partial charge >= 0.3 is 0 Å². The minimum Gasteiger partial charge on any atom is -0.504 e. The fourth-order valence-electron chi connectivity index (χ4n) is 1.52. The summed E-state index contributed by atoms with van der Waals surface area (Å²) in [6, 6.07) is 3.16. The number of hydrogen-bond donors (Lipinski definition) is 3. The van der Waals surface area contributed by atoms with Crippen LogP contribution in [-0.2, 0) is 4.79 Å². The molecule has 1 amide bonds. The highest BCUT2D eigenvalue weighted by Gasteiger charge is 2.28. The Morgan fingerprint density at radius 1 is 1.59 bits per heavy atom. The summed E-state index contributed by atoms with van der Waals surface area (Å²) in [5.74, 6) is -0.244. The quantitative estimate of drug-likeness (QED) is 0.741. The highest BCUT2D eigenvalue weighted by Crippen LogP contribution is 2.21. The Morgan fingerprint density at radius 2 is 2.24 bits per heavy atom. The fourth-order valence-corrected chi connectivity index (χ4v) is 1.52. The molecule has 0 aromatic carbocycles. The zero-order valence-electron chi connectivity index (χ0n) is 10.4. The van der Waals surface area contributed by atoms with Gasteiger partial charge in [0.15, 0.2) is 11.6 Å². The number of nitrogens with one attached hydrogen (secondary N) is 1. The molecule has 17 heavy (non-hydrogen) atoms. The number of aryl methyl sites for hydroxylation is 1. The molecule has 0 aliphatic carbocycles. The molecule has 1 aromatic heterocycles. The van der Waals surface area contributed by atoms with Crippen LogP contribution in [0.1, 0.15) is 32.4 Å². The molecule has 0 aliphatic rings. The Morgan fingerprint density at radius 3 is 2.82 bits per heavy atom. The smallest absolute Gasteiger partial charge is 0.245 e. The van der Waals surface area contributed by atoms with Gasteiger partial charge in [-0.05, 0) is 32.4 Å². The third-order valence-electron chi connectivity index (χ3n) is 2.53. The Bertz CT molecular complexity index is 416. The molecule has 1 unspecified atom stereocenters. The maximum atomic E-state index is 11.9. The highest BCUT2D eigenvalue weighted by molar-refractivity contribution is 5.97. The molecule has 0 saturated heterocycles. The van der Waals surface area contributed by atoms with E-state index in [1.54, 1.807) is 19.9 Å². The second-order valence-electron chi connectivity index (χ2n) is 4.44. The first-order valence-electron chi connectivity index (χ1n) is 5.63. The maximum absolute atomic E-state index is 11.9. The topological polar surface area (TPSA) is 88.2 Å². The van der Waals surface area contributed by atoms with Crippen LogP contribution in [0.4, 0.5) is 5.82 Å². The SMILES string of the molecule is CCCC(C)(N)C(=O)Nc1nc(C)ccc1O. The van der Waals surface area contributed by atoms with Gasteiger partial charge in [-0.15, -0.1) is 0 Å². The van der Waals surface area contributed by atoms with Gasteiger partial charge in [0.1, 0.15) is 0 Å². The van der Waals surface area contributed by atoms with Gasteiger partial charge in [0.2, 0.25) is 5.91 Å². The Kier molecular flexibility index (Phi) is 4.07. The van der Waals surface area contributed by atoms with Crippen LogP contribution in [0.15, 0.2) is 12.1 Å². The number of amides is 1. The van der Waals surface area contributed by atoms with E-state index in [1.807, 2.05) is 6.92 Å². The average molecular weight is 237 g/mol. The lowest BCUT2D eigenvalue weighted by atomic mass is 9.96. The van der Waals surface area contributed by atoms with Crippen LogP contribution in [0, 0.1) is 6.92 Å². The molecule has 94 valence electrons. The predicted molar refractivity (Wildman–Crippen MR) is 66.8 cm³/mol. The van der Waals surface area contributed by atoms with Crippen molar-refractivity contribution in [1.82, 2.24) is 4.98 Å². The van der Waals surface area contributed by atoms with E-state index in [4.69, 9.17) is 5.73 Å². The highest BCUT2D eigenvalue weighted by atomic mass is 16.3. The van der Waals surface area contributed by atoms with E-state index in [0.717, 1.165) is 6.42 Å². The molecule has 0 fully saturated rings. The third kappa shape index (κ3) is 3.42. The van der Waals surface area contributed by atoms with Crippen molar-refractivity contribution in [2.75, 3.05) is 5.32 Å². The third-order valence-corrected chi connectivity index (χ3v) is 2.53. The van der Waals surface area contributed by atoms with Crippen LogP contribution >= 0.6 is 0 Å². The molecule has 1 rings (SSSR count). The average Bonchev–Trinajstić information content (AvgIpc) is 2.23. The minimum atomic E-state index is -0.952. The lowest BCUT2D eigenvalue weighted by Gasteiger charge is -2.22. The van der Waals surface area contributed by atoms with Crippen LogP contribution in [0.3, 0.4) is 0 Å². The van der Waals surface area contributed by atoms with Crippen molar-refractivity contribution in [3.8, 4) is 5.75 Å². The number of carbonyl (C=O) groups is 1. The van der Waals surface area contributed by atoms with Crippen molar-refractivity contribution < 1.29 is 9.90 Å². The molecule has 5 nitrogen and oxygen atoms in total. The van der Waals surface area contributed by atoms with Crippen molar-refractivity contribution in [1.29, 1.82) is 0 Å². The van der Waals surface area contributed by atoms with Gasteiger partial charge in [0, 0.05) is 5.69 Å². The molecular weight excluding hydrogens is 218 g/mol. The largest absolute Gasteiger partial charge is 0.504 e. The maximum Gasteiger partial charge on any atom is 0.245 e. The van der Waals surface area contributed by atoms with E-state index in [1.165, 1.54) is 6.07 Å². The summed E-state index contributed by atoms with van der Waals surface area (Å²) in [6.07, 6.45) is 1.39. The van der Waals surface area contributed by atoms with Crippen molar-refractivity contribution in [2.45, 2.75) is 39.2 Å². The zero-order valence-corrected chi connectivity index (χ0v) is 10.4. The van der Waals surface area contributed by atoms with E-state index >= 15 is 0 Å². The standard InChI is InChI=1S/C12H19N3O2/c1-4-7-12(3,13)11(17)15-10-9(16)6-5-8(2)14-10/h5-6,16H,4,7,13H2,1-3H3,(H,14,15,17). The molecule has 1 heterocycles. The zero-order chi connectivity index (χ0) is 13.1. The summed E-state index contributed by atoms with van der Waals surface area (Å²) in [4.78, 5) is 15.9. The van der Waals surface area contributed by atoms with Crippen molar-refractivity contribution in [2.24, 2.45) is 5.73 Å². The van der Waals surface area contributed by atoms with E-state index in [9.17, 15) is 9.90 Å². The van der Waals surface area contributed by atoms with Crippen molar-refractivity contribution >= 4 is 11.7 Å². The number of anilines is 1. The normalized spacial score (nSPS) is 14.1. The number of carbonyl (C=O) groups excluding carboxylic acids is 1. The molecule has 5 heteroatoms. The molecule has 0 radical (unpaired) electrons. The van der Waals surface area contributed by atoms with E-state index < -0.39 is 5.54 Å². The molecule has 4 N–H and O–H groups in total. The Balaban J connectivity index is 2.84. The van der Waals surface area contributed by atoms with E-state index in [-0.39, 0.29) is 17.5 Å². The molecule has 0 bridgehead atoms. The second kappa shape index (κ2) is 5.14. The van der Waals surface area contributed by atoms with Gasteiger partial charge in [-0.25, -0.2) is 4.98 Å². The molecule has 0 spiro atoms. The van der Waals surface area contributed by atoms with Gasteiger partial charge in [-0.1, -0.05) is 13.3 Å². The second-order valence-corrected chi connectivity index (χ2v) is 4.44. The number of rotatable bonds is 4. The van der Waals surface area contributed by atoms with Crippen LogP contribution in [0.25, 0.3) is 0 Å². The van der Waals surface area contributed by atoms with Crippen LogP contribution < -0.4 is 11.1 Å². The fraction of sp³-hybridized carbons (Fsp3) is 0.500. The van der Waals surface area contributed by atoms with E-state index in [0.29, 0.717) is 12.1 Å². The van der Waals surface area contributed by atoms with Gasteiger partial charge < -0.3 is 16.2 Å². The van der Waals surface area contributed by atoms with Gasteiger partial charge in [-0.3, -0.25) is 4.79 Å². The number of aromatic hydroxyl groups is 1. The molecule has 1 aromatic rings.